The predicted molar refractivity (Wildman–Crippen MR) is 109 cm³/mol. The number of piperidine rings is 1. The molecule has 4 rings (SSSR count). The van der Waals surface area contributed by atoms with Gasteiger partial charge in [-0.2, -0.15) is 4.31 Å². The summed E-state index contributed by atoms with van der Waals surface area (Å²) in [4.78, 5) is 21.8. The Morgan fingerprint density at radius 2 is 2.00 bits per heavy atom. The van der Waals surface area contributed by atoms with E-state index in [1.54, 1.807) is 0 Å². The summed E-state index contributed by atoms with van der Waals surface area (Å²) in [7, 11) is -3.54. The average molecular weight is 417 g/mol. The number of rotatable bonds is 4. The third-order valence-electron chi connectivity index (χ3n) is 4.87. The monoisotopic (exact) mass is 416 g/mol. The number of benzene rings is 1. The number of amides is 1. The minimum Gasteiger partial charge on any atom is -0.306 e. The van der Waals surface area contributed by atoms with Crippen LogP contribution in [0, 0.1) is 5.92 Å². The first-order chi connectivity index (χ1) is 13.4. The molecule has 28 heavy (non-hydrogen) atoms. The van der Waals surface area contributed by atoms with Crippen LogP contribution in [0.2, 0.25) is 0 Å². The van der Waals surface area contributed by atoms with Crippen molar-refractivity contribution in [2.24, 2.45) is 5.92 Å². The molecule has 146 valence electrons. The minimum atomic E-state index is -3.54. The third-order valence-corrected chi connectivity index (χ3v) is 7.57. The van der Waals surface area contributed by atoms with Gasteiger partial charge in [-0.15, -0.1) is 11.3 Å². The number of nitrogens with zero attached hydrogens (tertiary/aromatic N) is 3. The quantitative estimate of drug-likeness (QED) is 0.704. The van der Waals surface area contributed by atoms with Gasteiger partial charge in [-0.25, -0.2) is 18.4 Å². The minimum absolute atomic E-state index is 0.209. The molecule has 1 amide bonds. The first-order valence-corrected chi connectivity index (χ1v) is 11.4. The fourth-order valence-electron chi connectivity index (χ4n) is 3.36. The summed E-state index contributed by atoms with van der Waals surface area (Å²) in [6.07, 6.45) is 3.33. The molecule has 1 atom stereocenters. The number of hydrogen-bond donors (Lipinski definition) is 1. The summed E-state index contributed by atoms with van der Waals surface area (Å²) in [6.45, 7) is 3.14. The van der Waals surface area contributed by atoms with Gasteiger partial charge in [0.25, 0.3) is 5.91 Å². The molecule has 1 N–H and O–H groups in total. The van der Waals surface area contributed by atoms with E-state index in [1.807, 2.05) is 11.4 Å². The highest BCUT2D eigenvalue weighted by Gasteiger charge is 2.28. The number of carbonyl (C=O) groups excluding carboxylic acids is 1. The molecule has 0 saturated carbocycles. The molecule has 0 radical (unpaired) electrons. The smallest absolute Gasteiger partial charge is 0.256 e. The fourth-order valence-corrected chi connectivity index (χ4v) is 5.69. The second-order valence-electron chi connectivity index (χ2n) is 6.95. The van der Waals surface area contributed by atoms with Crippen molar-refractivity contribution in [1.29, 1.82) is 0 Å². The number of anilines is 1. The van der Waals surface area contributed by atoms with Crippen LogP contribution in [0.3, 0.4) is 0 Å². The number of carbonyl (C=O) groups is 1. The van der Waals surface area contributed by atoms with Crippen LogP contribution in [-0.4, -0.2) is 41.7 Å². The third kappa shape index (κ3) is 3.65. The van der Waals surface area contributed by atoms with E-state index in [2.05, 4.69) is 22.2 Å². The first kappa shape index (κ1) is 19.0. The van der Waals surface area contributed by atoms with Gasteiger partial charge in [0.05, 0.1) is 10.3 Å². The van der Waals surface area contributed by atoms with E-state index in [4.69, 9.17) is 0 Å². The van der Waals surface area contributed by atoms with Gasteiger partial charge in [-0.3, -0.25) is 4.79 Å². The van der Waals surface area contributed by atoms with Crippen LogP contribution in [0.4, 0.5) is 5.82 Å². The Balaban J connectivity index is 1.52. The summed E-state index contributed by atoms with van der Waals surface area (Å²) in [5.41, 5.74) is 0.368. The molecule has 1 fully saturated rings. The zero-order valence-electron chi connectivity index (χ0n) is 15.3. The second-order valence-corrected chi connectivity index (χ2v) is 9.78. The highest BCUT2D eigenvalue weighted by molar-refractivity contribution is 7.89. The van der Waals surface area contributed by atoms with Crippen molar-refractivity contribution in [1.82, 2.24) is 14.3 Å². The van der Waals surface area contributed by atoms with Gasteiger partial charge in [0.15, 0.2) is 0 Å². The van der Waals surface area contributed by atoms with Gasteiger partial charge in [-0.05, 0) is 54.5 Å². The van der Waals surface area contributed by atoms with Crippen LogP contribution in [0.1, 0.15) is 30.1 Å². The second kappa shape index (κ2) is 7.57. The standard InChI is InChI=1S/C19H20N4O3S2/c1-13-3-2-9-23(11-13)28(25,26)15-6-4-14(5-7-15)18(24)22-17-16-8-10-27-19(16)21-12-20-17/h4-8,10,12-13H,2-3,9,11H2,1H3,(H,20,21,22,24). The molecule has 7 nitrogen and oxygen atoms in total. The van der Waals surface area contributed by atoms with E-state index in [9.17, 15) is 13.2 Å². The largest absolute Gasteiger partial charge is 0.306 e. The molecule has 0 bridgehead atoms. The molecule has 3 heterocycles. The SMILES string of the molecule is CC1CCCN(S(=O)(=O)c2ccc(C(=O)Nc3ncnc4sccc34)cc2)C1. The van der Waals surface area contributed by atoms with Gasteiger partial charge in [0.1, 0.15) is 17.0 Å². The molecular formula is C19H20N4O3S2. The van der Waals surface area contributed by atoms with Crippen molar-refractivity contribution in [2.75, 3.05) is 18.4 Å². The Morgan fingerprint density at radius 3 is 2.75 bits per heavy atom. The van der Waals surface area contributed by atoms with Gasteiger partial charge >= 0.3 is 0 Å². The summed E-state index contributed by atoms with van der Waals surface area (Å²) in [5.74, 6) is 0.451. The maximum atomic E-state index is 12.8. The molecule has 0 aliphatic carbocycles. The maximum absolute atomic E-state index is 12.8. The van der Waals surface area contributed by atoms with E-state index in [-0.39, 0.29) is 10.8 Å². The predicted octanol–water partition coefficient (Wildman–Crippen LogP) is 3.36. The number of fused-ring (bicyclic) bond motifs is 1. The molecule has 1 aliphatic heterocycles. The topological polar surface area (TPSA) is 92.3 Å². The lowest BCUT2D eigenvalue weighted by Crippen LogP contribution is -2.39. The van der Waals surface area contributed by atoms with Crippen LogP contribution in [0.15, 0.2) is 46.9 Å². The molecule has 9 heteroatoms. The summed E-state index contributed by atoms with van der Waals surface area (Å²) < 4.78 is 27.2. The van der Waals surface area contributed by atoms with Crippen LogP contribution in [0.5, 0.6) is 0 Å². The van der Waals surface area contributed by atoms with Crippen molar-refractivity contribution in [2.45, 2.75) is 24.7 Å². The lowest BCUT2D eigenvalue weighted by Gasteiger charge is -2.30. The van der Waals surface area contributed by atoms with Crippen molar-refractivity contribution in [3.05, 3.63) is 47.6 Å². The van der Waals surface area contributed by atoms with Gasteiger partial charge in [0, 0.05) is 18.7 Å². The summed E-state index contributed by atoms with van der Waals surface area (Å²) in [5, 5.41) is 5.43. The van der Waals surface area contributed by atoms with Crippen molar-refractivity contribution in [3.63, 3.8) is 0 Å². The first-order valence-electron chi connectivity index (χ1n) is 9.05. The van der Waals surface area contributed by atoms with Crippen LogP contribution in [-0.2, 0) is 10.0 Å². The fraction of sp³-hybridized carbons (Fsp3) is 0.316. The van der Waals surface area contributed by atoms with Crippen LogP contribution >= 0.6 is 11.3 Å². The molecule has 1 unspecified atom stereocenters. The molecule has 1 aromatic carbocycles. The van der Waals surface area contributed by atoms with Gasteiger partial charge < -0.3 is 5.32 Å². The zero-order chi connectivity index (χ0) is 19.7. The molecule has 1 saturated heterocycles. The van der Waals surface area contributed by atoms with Crippen molar-refractivity contribution < 1.29 is 13.2 Å². The van der Waals surface area contributed by atoms with E-state index < -0.39 is 10.0 Å². The van der Waals surface area contributed by atoms with E-state index in [1.165, 1.54) is 46.2 Å². The number of nitrogens with one attached hydrogen (secondary N) is 1. The Kier molecular flexibility index (Phi) is 5.13. The molecule has 1 aliphatic rings. The maximum Gasteiger partial charge on any atom is 0.256 e. The zero-order valence-corrected chi connectivity index (χ0v) is 17.0. The van der Waals surface area contributed by atoms with Crippen molar-refractivity contribution >= 4 is 43.3 Å². The lowest BCUT2D eigenvalue weighted by atomic mass is 10.0. The molecular weight excluding hydrogens is 396 g/mol. The summed E-state index contributed by atoms with van der Waals surface area (Å²) in [6, 6.07) is 7.89. The highest BCUT2D eigenvalue weighted by atomic mass is 32.2. The Labute approximate surface area is 167 Å². The molecule has 0 spiro atoms. The Hall–Kier alpha value is -2.36. The summed E-state index contributed by atoms with van der Waals surface area (Å²) >= 11 is 1.47. The highest BCUT2D eigenvalue weighted by Crippen LogP contribution is 2.25. The Bertz CT molecular complexity index is 1110. The number of sulfonamides is 1. The van der Waals surface area contributed by atoms with E-state index in [0.29, 0.717) is 30.4 Å². The van der Waals surface area contributed by atoms with Gasteiger partial charge in [0.2, 0.25) is 10.0 Å². The molecule has 3 aromatic rings. The molecule has 2 aromatic heterocycles. The van der Waals surface area contributed by atoms with Gasteiger partial charge in [-0.1, -0.05) is 6.92 Å². The number of thiophene rings is 1. The lowest BCUT2D eigenvalue weighted by molar-refractivity contribution is 0.102. The average Bonchev–Trinajstić information content (AvgIpc) is 3.18. The van der Waals surface area contributed by atoms with E-state index in [0.717, 1.165) is 23.1 Å². The Morgan fingerprint density at radius 1 is 1.21 bits per heavy atom. The normalized spacial score (nSPS) is 18.2. The number of hydrogen-bond acceptors (Lipinski definition) is 6. The van der Waals surface area contributed by atoms with Crippen molar-refractivity contribution in [3.8, 4) is 0 Å². The van der Waals surface area contributed by atoms with Crippen LogP contribution < -0.4 is 5.32 Å². The number of aromatic nitrogens is 2. The van der Waals surface area contributed by atoms with Crippen LogP contribution in [0.25, 0.3) is 10.2 Å². The van der Waals surface area contributed by atoms with E-state index >= 15 is 0 Å².